The molecule has 1 aliphatic rings. The van der Waals surface area contributed by atoms with Crippen molar-refractivity contribution in [3.8, 4) is 11.3 Å². The number of H-pyrrole nitrogens is 2. The van der Waals surface area contributed by atoms with E-state index < -0.39 is 28.9 Å². The maximum absolute atomic E-state index is 14.2. The highest BCUT2D eigenvalue weighted by Gasteiger charge is 2.43. The van der Waals surface area contributed by atoms with Gasteiger partial charge in [0.25, 0.3) is 5.56 Å². The molecule has 4 heterocycles. The van der Waals surface area contributed by atoms with E-state index in [1.54, 1.807) is 6.07 Å². The topological polar surface area (TPSA) is 109 Å². The van der Waals surface area contributed by atoms with Crippen LogP contribution in [0.15, 0.2) is 46.4 Å². The van der Waals surface area contributed by atoms with Crippen molar-refractivity contribution in [2.75, 3.05) is 0 Å². The first kappa shape index (κ1) is 19.2. The second-order valence-electron chi connectivity index (χ2n) is 7.21. The maximum Gasteiger partial charge on any atom is 0.417 e. The van der Waals surface area contributed by atoms with Crippen LogP contribution in [-0.2, 0) is 6.18 Å². The molecule has 0 aliphatic heterocycles. The third kappa shape index (κ3) is 3.29. The van der Waals surface area contributed by atoms with Crippen molar-refractivity contribution in [3.63, 3.8) is 0 Å². The van der Waals surface area contributed by atoms with Gasteiger partial charge in [-0.3, -0.25) is 14.8 Å². The van der Waals surface area contributed by atoms with Crippen LogP contribution in [0.3, 0.4) is 0 Å². The second kappa shape index (κ2) is 6.59. The first-order valence-electron chi connectivity index (χ1n) is 9.12. The Labute approximate surface area is 169 Å². The lowest BCUT2D eigenvalue weighted by atomic mass is 10.1. The number of alkyl halides is 3. The third-order valence-corrected chi connectivity index (χ3v) is 5.23. The number of hydrogen-bond acceptors (Lipinski definition) is 5. The van der Waals surface area contributed by atoms with Crippen LogP contribution in [0, 0.1) is 5.95 Å². The van der Waals surface area contributed by atoms with E-state index in [4.69, 9.17) is 0 Å². The molecule has 2 atom stereocenters. The zero-order chi connectivity index (χ0) is 21.9. The van der Waals surface area contributed by atoms with Gasteiger partial charge in [0.05, 0.1) is 23.0 Å². The molecule has 12 heteroatoms. The molecule has 31 heavy (non-hydrogen) atoms. The minimum atomic E-state index is -4.47. The predicted octanol–water partition coefficient (Wildman–Crippen LogP) is 2.60. The Morgan fingerprint density at radius 1 is 1.10 bits per heavy atom. The average molecular weight is 432 g/mol. The molecule has 158 valence electrons. The van der Waals surface area contributed by atoms with Gasteiger partial charge in [-0.25, -0.2) is 9.78 Å². The van der Waals surface area contributed by atoms with Gasteiger partial charge in [0.1, 0.15) is 0 Å². The number of aromatic nitrogens is 6. The number of hydrogen-bond donors (Lipinski definition) is 2. The zero-order valence-corrected chi connectivity index (χ0v) is 15.4. The van der Waals surface area contributed by atoms with Crippen molar-refractivity contribution in [2.45, 2.75) is 24.4 Å². The van der Waals surface area contributed by atoms with Gasteiger partial charge < -0.3 is 4.98 Å². The monoisotopic (exact) mass is 432 g/mol. The van der Waals surface area contributed by atoms with Gasteiger partial charge in [0.15, 0.2) is 5.65 Å². The maximum atomic E-state index is 14.2. The molecular formula is C19H12F4N6O2. The Morgan fingerprint density at radius 3 is 2.58 bits per heavy atom. The zero-order valence-electron chi connectivity index (χ0n) is 15.4. The van der Waals surface area contributed by atoms with Crippen LogP contribution >= 0.6 is 0 Å². The Hall–Kier alpha value is -3.83. The average Bonchev–Trinajstić information content (AvgIpc) is 3.43. The molecule has 1 fully saturated rings. The summed E-state index contributed by atoms with van der Waals surface area (Å²) in [6.07, 6.45) is -0.963. The Bertz CT molecular complexity index is 1420. The molecule has 1 aliphatic carbocycles. The smallest absolute Gasteiger partial charge is 0.313 e. The molecule has 4 aromatic rings. The fourth-order valence-corrected chi connectivity index (χ4v) is 3.63. The van der Waals surface area contributed by atoms with E-state index in [1.807, 2.05) is 0 Å². The van der Waals surface area contributed by atoms with Crippen molar-refractivity contribution in [2.24, 2.45) is 0 Å². The van der Waals surface area contributed by atoms with E-state index in [2.05, 4.69) is 25.0 Å². The fourth-order valence-electron chi connectivity index (χ4n) is 3.63. The minimum Gasteiger partial charge on any atom is -0.313 e. The molecular weight excluding hydrogens is 420 g/mol. The third-order valence-electron chi connectivity index (χ3n) is 5.23. The number of fused-ring (bicyclic) bond motifs is 1. The summed E-state index contributed by atoms with van der Waals surface area (Å²) in [5.41, 5.74) is -0.798. The number of halogens is 4. The molecule has 0 bridgehead atoms. The van der Waals surface area contributed by atoms with E-state index >= 15 is 0 Å². The molecule has 0 amide bonds. The van der Waals surface area contributed by atoms with Crippen LogP contribution < -0.4 is 11.2 Å². The quantitative estimate of drug-likeness (QED) is 0.484. The second-order valence-corrected chi connectivity index (χ2v) is 7.21. The Balaban J connectivity index is 1.56. The molecule has 4 aromatic heterocycles. The van der Waals surface area contributed by atoms with Crippen molar-refractivity contribution in [1.82, 2.24) is 29.5 Å². The van der Waals surface area contributed by atoms with Crippen molar-refractivity contribution in [3.05, 3.63) is 80.4 Å². The van der Waals surface area contributed by atoms with E-state index in [-0.39, 0.29) is 28.7 Å². The lowest BCUT2D eigenvalue weighted by Gasteiger charge is -2.08. The lowest BCUT2D eigenvalue weighted by molar-refractivity contribution is -0.137. The standard InChI is InChI=1S/C19H12F4N6O2/c20-15-7-25-16-11(4-14(28-29(15)16)12-6-26-18(31)27-17(12)30)9-3-10(9)13-2-1-8(5-24-13)19(21,22)23/h1-2,4-7,9-10H,3H2,(H2,26,27,30,31)/t9-,10-/m0/s1. The SMILES string of the molecule is O=c1[nH]cc(-c2cc([C@H]3C[C@@H]3c3ccc(C(F)(F)F)cn3)c3ncc(F)n3n2)c(=O)[nH]1. The molecule has 0 saturated heterocycles. The fraction of sp³-hybridized carbons (Fsp3) is 0.211. The molecule has 5 rings (SSSR count). The van der Waals surface area contributed by atoms with E-state index in [1.165, 1.54) is 12.3 Å². The highest BCUT2D eigenvalue weighted by Crippen LogP contribution is 2.55. The number of nitrogens with zero attached hydrogens (tertiary/aromatic N) is 4. The number of imidazole rings is 1. The largest absolute Gasteiger partial charge is 0.417 e. The molecule has 0 unspecified atom stereocenters. The van der Waals surface area contributed by atoms with Gasteiger partial charge in [0, 0.05) is 29.6 Å². The summed E-state index contributed by atoms with van der Waals surface area (Å²) in [5, 5.41) is 4.10. The van der Waals surface area contributed by atoms with Crippen LogP contribution in [0.1, 0.15) is 35.1 Å². The van der Waals surface area contributed by atoms with Gasteiger partial charge in [-0.1, -0.05) is 0 Å². The van der Waals surface area contributed by atoms with Crippen molar-refractivity contribution < 1.29 is 17.6 Å². The summed E-state index contributed by atoms with van der Waals surface area (Å²) in [7, 11) is 0. The first-order chi connectivity index (χ1) is 14.7. The molecule has 0 aromatic carbocycles. The van der Waals surface area contributed by atoms with Crippen LogP contribution in [0.2, 0.25) is 0 Å². The van der Waals surface area contributed by atoms with Gasteiger partial charge >= 0.3 is 11.9 Å². The number of aromatic amines is 2. The predicted molar refractivity (Wildman–Crippen MR) is 99.0 cm³/mol. The van der Waals surface area contributed by atoms with Crippen molar-refractivity contribution >= 4 is 5.65 Å². The number of nitrogens with one attached hydrogen (secondary N) is 2. The highest BCUT2D eigenvalue weighted by atomic mass is 19.4. The molecule has 8 nitrogen and oxygen atoms in total. The molecule has 2 N–H and O–H groups in total. The van der Waals surface area contributed by atoms with Gasteiger partial charge in [-0.15, -0.1) is 0 Å². The lowest BCUT2D eigenvalue weighted by Crippen LogP contribution is -2.23. The van der Waals surface area contributed by atoms with Gasteiger partial charge in [-0.05, 0) is 30.5 Å². The van der Waals surface area contributed by atoms with Gasteiger partial charge in [0.2, 0.25) is 5.95 Å². The van der Waals surface area contributed by atoms with Crippen molar-refractivity contribution in [1.29, 1.82) is 0 Å². The molecule has 1 saturated carbocycles. The molecule has 0 spiro atoms. The Kier molecular flexibility index (Phi) is 4.07. The van der Waals surface area contributed by atoms with E-state index in [0.717, 1.165) is 23.0 Å². The summed E-state index contributed by atoms with van der Waals surface area (Å²) < 4.78 is 53.5. The van der Waals surface area contributed by atoms with E-state index in [9.17, 15) is 27.2 Å². The summed E-state index contributed by atoms with van der Waals surface area (Å²) in [6, 6.07) is 3.87. The normalized spacial score (nSPS) is 18.5. The van der Waals surface area contributed by atoms with Crippen LogP contribution in [-0.4, -0.2) is 29.5 Å². The number of pyridine rings is 1. The number of rotatable bonds is 3. The first-order valence-corrected chi connectivity index (χ1v) is 9.12. The summed E-state index contributed by atoms with van der Waals surface area (Å²) in [5.74, 6) is -1.13. The van der Waals surface area contributed by atoms with Crippen LogP contribution in [0.5, 0.6) is 0 Å². The summed E-state index contributed by atoms with van der Waals surface area (Å²) >= 11 is 0. The Morgan fingerprint density at radius 2 is 1.90 bits per heavy atom. The highest BCUT2D eigenvalue weighted by molar-refractivity contribution is 5.63. The van der Waals surface area contributed by atoms with Crippen LogP contribution in [0.25, 0.3) is 16.9 Å². The minimum absolute atomic E-state index is 0.0284. The summed E-state index contributed by atoms with van der Waals surface area (Å²) in [6.45, 7) is 0. The molecule has 0 radical (unpaired) electrons. The van der Waals surface area contributed by atoms with Gasteiger partial charge in [-0.2, -0.15) is 27.2 Å². The van der Waals surface area contributed by atoms with E-state index in [0.29, 0.717) is 17.7 Å². The van der Waals surface area contributed by atoms with Crippen LogP contribution in [0.4, 0.5) is 17.6 Å². The summed E-state index contributed by atoms with van der Waals surface area (Å²) in [4.78, 5) is 35.8.